The first-order valence-corrected chi connectivity index (χ1v) is 21.1. The number of methoxy groups -OCH3 is 1. The van der Waals surface area contributed by atoms with E-state index < -0.39 is 177 Å². The second-order valence-corrected chi connectivity index (χ2v) is 17.7. The molecule has 5 rings (SSSR count). The minimum atomic E-state index is -1.93. The van der Waals surface area contributed by atoms with Gasteiger partial charge in [-0.15, -0.1) is 0 Å². The van der Waals surface area contributed by atoms with Crippen molar-refractivity contribution in [3.63, 3.8) is 0 Å². The second kappa shape index (κ2) is 21.4. The highest BCUT2D eigenvalue weighted by Gasteiger charge is 2.56. The van der Waals surface area contributed by atoms with E-state index in [2.05, 4.69) is 10.6 Å². The minimum Gasteiger partial charge on any atom is -0.394 e. The Hall–Kier alpha value is -1.86. The first-order valence-electron chi connectivity index (χ1n) is 21.1. The monoisotopic (exact) mass is 916 g/mol. The van der Waals surface area contributed by atoms with Crippen molar-refractivity contribution < 1.29 is 108 Å². The maximum absolute atomic E-state index is 12.6. The van der Waals surface area contributed by atoms with Crippen LogP contribution in [0.2, 0.25) is 0 Å². The highest BCUT2D eigenvalue weighted by Crippen LogP contribution is 2.36. The van der Waals surface area contributed by atoms with Crippen molar-refractivity contribution in [2.24, 2.45) is 0 Å². The molecule has 2 amide bonds. The number of carbonyl (C=O) groups is 2. The molecule has 5 fully saturated rings. The number of aliphatic hydroxyl groups is 10. The molecular weight excluding hydrogens is 848 g/mol. The number of ether oxygens (including phenoxy) is 10. The summed E-state index contributed by atoms with van der Waals surface area (Å²) in [4.78, 5) is 24.7. The van der Waals surface area contributed by atoms with Gasteiger partial charge in [-0.1, -0.05) is 0 Å². The van der Waals surface area contributed by atoms with Gasteiger partial charge in [0.05, 0.1) is 61.2 Å². The van der Waals surface area contributed by atoms with E-state index >= 15 is 0 Å². The fourth-order valence-electron chi connectivity index (χ4n) is 8.51. The highest BCUT2D eigenvalue weighted by molar-refractivity contribution is 5.77. The molecule has 0 bridgehead atoms. The Balaban J connectivity index is 1.32. The molecule has 0 saturated carbocycles. The van der Waals surface area contributed by atoms with Crippen molar-refractivity contribution >= 4 is 11.8 Å². The molecule has 24 nitrogen and oxygen atoms in total. The normalized spacial score (nSPS) is 48.7. The number of hydrogen-bond donors (Lipinski definition) is 12. The molecule has 0 radical (unpaired) electrons. The summed E-state index contributed by atoms with van der Waals surface area (Å²) in [6.45, 7) is 10.9. The Morgan fingerprint density at radius 2 is 0.968 bits per heavy atom. The molecule has 366 valence electrons. The van der Waals surface area contributed by atoms with Crippen LogP contribution in [0.3, 0.4) is 0 Å². The molecule has 25 atom stereocenters. The van der Waals surface area contributed by atoms with Crippen molar-refractivity contribution in [1.29, 1.82) is 0 Å². The Morgan fingerprint density at radius 3 is 1.48 bits per heavy atom. The maximum atomic E-state index is 12.6. The quantitative estimate of drug-likeness (QED) is 0.0773. The average Bonchev–Trinajstić information content (AvgIpc) is 3.19. The van der Waals surface area contributed by atoms with Gasteiger partial charge in [0, 0.05) is 14.0 Å². The molecule has 0 aromatic carbocycles. The molecule has 12 N–H and O–H groups in total. The van der Waals surface area contributed by atoms with Crippen LogP contribution in [0.1, 0.15) is 61.8 Å². The van der Waals surface area contributed by atoms with Gasteiger partial charge in [0.15, 0.2) is 25.2 Å². The lowest BCUT2D eigenvalue weighted by atomic mass is 9.92. The van der Waals surface area contributed by atoms with Crippen LogP contribution in [0.4, 0.5) is 0 Å². The molecule has 5 aliphatic heterocycles. The summed E-state index contributed by atoms with van der Waals surface area (Å²) >= 11 is 0. The average molecular weight is 917 g/mol. The molecule has 24 heteroatoms. The van der Waals surface area contributed by atoms with E-state index in [9.17, 15) is 60.7 Å². The van der Waals surface area contributed by atoms with Gasteiger partial charge in [0.1, 0.15) is 85.5 Å². The number of carbonyl (C=O) groups excluding carboxylic acids is 2. The van der Waals surface area contributed by atoms with Gasteiger partial charge in [0.2, 0.25) is 11.8 Å². The SMILES string of the molecule is COC1[C@H](O[C@@H]2C(O)[C@H](O[C@@H]3C(O)[C@H](OC4[C@H](O[C@@H]5C(NC(C)=O)[C@H](C)OC(CO)[C@@H]5O)OC(C)[C@H](O)[C@@H]4O)OC(C)[C@@H]3O)OC(C)[C@@H]2O)OC(C)[C@@H](NC(=O)CC(C)(C)O)[C@@H]1O. The largest absolute Gasteiger partial charge is 0.394 e. The topological polar surface area (TPSA) is 353 Å². The summed E-state index contributed by atoms with van der Waals surface area (Å²) < 4.78 is 58.8. The second-order valence-electron chi connectivity index (χ2n) is 17.7. The van der Waals surface area contributed by atoms with Crippen LogP contribution in [0.5, 0.6) is 0 Å². The summed E-state index contributed by atoms with van der Waals surface area (Å²) in [5.41, 5.74) is -1.33. The van der Waals surface area contributed by atoms with Crippen LogP contribution in [0.15, 0.2) is 0 Å². The Kier molecular flexibility index (Phi) is 17.7. The molecule has 63 heavy (non-hydrogen) atoms. The third-order valence-electron chi connectivity index (χ3n) is 12.0. The maximum Gasteiger partial charge on any atom is 0.223 e. The number of amides is 2. The van der Waals surface area contributed by atoms with Gasteiger partial charge in [-0.05, 0) is 48.5 Å². The third-order valence-corrected chi connectivity index (χ3v) is 12.0. The standard InChI is InChI=1S/C39H68N2O22/c1-12-20(41-19(44)10-39(7,8)53)26(49)33(54-9)37(56-12)62-32-24(47)16(5)57-35(29(32)52)61-31-23(46)15(4)58-36(28(31)51)63-34-27(50)22(45)14(3)59-38(34)60-30-21(40-17(6)43)13(2)55-18(11-42)25(30)48/h12-16,18,20-38,42,45-53H,10-11H2,1-9H3,(H,40,43)(H,41,44)/t12?,13-,14?,15?,16?,18?,20+,21?,22-,23-,24-,25-,26-,27-,28?,29?,30+,31-,32-,33?,34?,35-,36-,37-,38-/m0/s1. The lowest BCUT2D eigenvalue weighted by molar-refractivity contribution is -0.392. The minimum absolute atomic E-state index is 0.272. The summed E-state index contributed by atoms with van der Waals surface area (Å²) in [5.74, 6) is -1.07. The molecule has 5 heterocycles. The van der Waals surface area contributed by atoms with Crippen LogP contribution in [-0.2, 0) is 57.0 Å². The van der Waals surface area contributed by atoms with Crippen LogP contribution in [0.25, 0.3) is 0 Å². The highest BCUT2D eigenvalue weighted by atomic mass is 16.8. The molecule has 0 spiro atoms. The Labute approximate surface area is 364 Å². The van der Waals surface area contributed by atoms with E-state index in [4.69, 9.17) is 47.4 Å². The lowest BCUT2D eigenvalue weighted by Crippen LogP contribution is -2.68. The van der Waals surface area contributed by atoms with Crippen molar-refractivity contribution in [2.75, 3.05) is 13.7 Å². The number of rotatable bonds is 14. The van der Waals surface area contributed by atoms with Gasteiger partial charge in [-0.3, -0.25) is 9.59 Å². The van der Waals surface area contributed by atoms with E-state index in [1.54, 1.807) is 6.92 Å². The zero-order valence-electron chi connectivity index (χ0n) is 36.7. The fourth-order valence-corrected chi connectivity index (χ4v) is 8.51. The van der Waals surface area contributed by atoms with E-state index in [0.717, 1.165) is 0 Å². The molecular formula is C39H68N2O22. The van der Waals surface area contributed by atoms with E-state index in [1.165, 1.54) is 55.6 Å². The first-order chi connectivity index (χ1) is 29.4. The van der Waals surface area contributed by atoms with E-state index in [-0.39, 0.29) is 6.42 Å². The van der Waals surface area contributed by atoms with E-state index in [1.807, 2.05) is 0 Å². The van der Waals surface area contributed by atoms with Crippen LogP contribution >= 0.6 is 0 Å². The van der Waals surface area contributed by atoms with Gasteiger partial charge in [0.25, 0.3) is 0 Å². The van der Waals surface area contributed by atoms with Crippen molar-refractivity contribution in [2.45, 2.75) is 221 Å². The molecule has 0 aromatic rings. The van der Waals surface area contributed by atoms with Crippen molar-refractivity contribution in [3.05, 3.63) is 0 Å². The van der Waals surface area contributed by atoms with Gasteiger partial charge in [-0.25, -0.2) is 0 Å². The summed E-state index contributed by atoms with van der Waals surface area (Å²) in [6, 6.07) is -2.01. The number of nitrogens with one attached hydrogen (secondary N) is 2. The first kappa shape index (κ1) is 52.1. The Morgan fingerprint density at radius 1 is 0.524 bits per heavy atom. The Bertz CT molecular complexity index is 1500. The van der Waals surface area contributed by atoms with Gasteiger partial charge in [-0.2, -0.15) is 0 Å². The van der Waals surface area contributed by atoms with Gasteiger partial charge < -0.3 is 109 Å². The molecule has 0 aliphatic carbocycles. The smallest absolute Gasteiger partial charge is 0.223 e. The van der Waals surface area contributed by atoms with Crippen LogP contribution in [0, 0.1) is 0 Å². The van der Waals surface area contributed by atoms with Crippen LogP contribution < -0.4 is 10.6 Å². The predicted molar refractivity (Wildman–Crippen MR) is 208 cm³/mol. The summed E-state index contributed by atoms with van der Waals surface area (Å²) in [7, 11) is 1.25. The fraction of sp³-hybridized carbons (Fsp3) is 0.949. The zero-order valence-corrected chi connectivity index (χ0v) is 36.7. The molecule has 0 aromatic heterocycles. The van der Waals surface area contributed by atoms with Crippen LogP contribution in [-0.4, -0.2) is 235 Å². The summed E-state index contributed by atoms with van der Waals surface area (Å²) in [5, 5.41) is 115. The number of aliphatic hydroxyl groups excluding tert-OH is 9. The predicted octanol–water partition coefficient (Wildman–Crippen LogP) is -5.66. The van der Waals surface area contributed by atoms with Crippen molar-refractivity contribution in [3.8, 4) is 0 Å². The third kappa shape index (κ3) is 11.8. The summed E-state index contributed by atoms with van der Waals surface area (Å²) in [6.07, 6.45) is -33.8. The molecule has 10 unspecified atom stereocenters. The molecule has 5 aliphatic rings. The molecule has 5 saturated heterocycles. The van der Waals surface area contributed by atoms with Gasteiger partial charge >= 0.3 is 0 Å². The van der Waals surface area contributed by atoms with E-state index in [0.29, 0.717) is 0 Å². The number of hydrogen-bond acceptors (Lipinski definition) is 22. The zero-order chi connectivity index (χ0) is 47.0. The lowest BCUT2D eigenvalue weighted by Gasteiger charge is -2.50. The van der Waals surface area contributed by atoms with Crippen molar-refractivity contribution in [1.82, 2.24) is 10.6 Å².